The van der Waals surface area contributed by atoms with Gasteiger partial charge in [-0.1, -0.05) is 23.2 Å². The molecule has 0 fully saturated rings. The fraction of sp³-hybridized carbons (Fsp3) is 0.118. The van der Waals surface area contributed by atoms with E-state index in [1.54, 1.807) is 36.4 Å². The highest BCUT2D eigenvalue weighted by Crippen LogP contribution is 2.25. The zero-order chi connectivity index (χ0) is 17.7. The molecule has 0 saturated carbocycles. The number of rotatable bonds is 4. The van der Waals surface area contributed by atoms with Gasteiger partial charge in [0.25, 0.3) is 0 Å². The molecule has 0 aromatic heterocycles. The highest BCUT2D eigenvalue weighted by atomic mass is 35.5. The van der Waals surface area contributed by atoms with Crippen molar-refractivity contribution in [1.82, 2.24) is 0 Å². The van der Waals surface area contributed by atoms with Crippen molar-refractivity contribution in [3.05, 3.63) is 58.1 Å². The first-order chi connectivity index (χ1) is 11.4. The number of benzene rings is 2. The summed E-state index contributed by atoms with van der Waals surface area (Å²) in [5, 5.41) is 12.2. The molecule has 0 heterocycles. The van der Waals surface area contributed by atoms with Crippen LogP contribution in [0.3, 0.4) is 0 Å². The van der Waals surface area contributed by atoms with Crippen LogP contribution >= 0.6 is 23.2 Å². The lowest BCUT2D eigenvalue weighted by Crippen LogP contribution is -2.36. The highest BCUT2D eigenvalue weighted by molar-refractivity contribution is 6.35. The largest absolute Gasteiger partial charge is 0.323 e. The number of hydrogen-bond donors (Lipinski definition) is 1. The van der Waals surface area contributed by atoms with Gasteiger partial charge >= 0.3 is 0 Å². The van der Waals surface area contributed by atoms with Crippen LogP contribution in [0.15, 0.2) is 42.5 Å². The third-order valence-electron chi connectivity index (χ3n) is 3.19. The number of nitrogens with zero attached hydrogens (tertiary/aromatic N) is 2. The molecule has 0 aliphatic rings. The predicted octanol–water partition coefficient (Wildman–Crippen LogP) is 3.86. The van der Waals surface area contributed by atoms with Gasteiger partial charge in [0.2, 0.25) is 11.8 Å². The summed E-state index contributed by atoms with van der Waals surface area (Å²) in [5.41, 5.74) is 1.36. The summed E-state index contributed by atoms with van der Waals surface area (Å²) in [6.45, 7) is 1.17. The molecule has 0 unspecified atom stereocenters. The smallest absolute Gasteiger partial charge is 0.244 e. The molecule has 122 valence electrons. The van der Waals surface area contributed by atoms with Crippen molar-refractivity contribution >= 4 is 46.4 Å². The Hall–Kier alpha value is -2.55. The van der Waals surface area contributed by atoms with Crippen LogP contribution in [0.4, 0.5) is 11.4 Å². The molecule has 2 aromatic rings. The van der Waals surface area contributed by atoms with Gasteiger partial charge in [-0.05, 0) is 42.5 Å². The monoisotopic (exact) mass is 361 g/mol. The second-order valence-corrected chi connectivity index (χ2v) is 5.78. The lowest BCUT2D eigenvalue weighted by atomic mass is 10.2. The first-order valence-corrected chi connectivity index (χ1v) is 7.69. The molecule has 0 saturated heterocycles. The van der Waals surface area contributed by atoms with E-state index in [0.29, 0.717) is 27.0 Å². The average molecular weight is 362 g/mol. The topological polar surface area (TPSA) is 73.2 Å². The molecule has 24 heavy (non-hydrogen) atoms. The van der Waals surface area contributed by atoms with Gasteiger partial charge in [-0.2, -0.15) is 5.26 Å². The number of nitriles is 1. The van der Waals surface area contributed by atoms with Crippen LogP contribution in [0, 0.1) is 11.3 Å². The fourth-order valence-corrected chi connectivity index (χ4v) is 2.36. The van der Waals surface area contributed by atoms with Crippen molar-refractivity contribution < 1.29 is 9.59 Å². The first kappa shape index (κ1) is 17.8. The molecule has 1 N–H and O–H groups in total. The number of nitrogens with one attached hydrogen (secondary N) is 1. The van der Waals surface area contributed by atoms with E-state index in [-0.39, 0.29) is 12.5 Å². The summed E-state index contributed by atoms with van der Waals surface area (Å²) in [4.78, 5) is 25.4. The number of anilines is 2. The van der Waals surface area contributed by atoms with Crippen LogP contribution < -0.4 is 10.2 Å². The van der Waals surface area contributed by atoms with Crippen molar-refractivity contribution in [3.8, 4) is 6.07 Å². The van der Waals surface area contributed by atoms with Gasteiger partial charge in [-0.25, -0.2) is 0 Å². The number of carbonyl (C=O) groups is 2. The van der Waals surface area contributed by atoms with Crippen LogP contribution in [0.25, 0.3) is 0 Å². The quantitative estimate of drug-likeness (QED) is 0.898. The Kier molecular flexibility index (Phi) is 5.80. The van der Waals surface area contributed by atoms with E-state index in [2.05, 4.69) is 5.32 Å². The van der Waals surface area contributed by atoms with Crippen molar-refractivity contribution in [1.29, 1.82) is 5.26 Å². The molecule has 2 amide bonds. The van der Waals surface area contributed by atoms with Crippen LogP contribution in [-0.2, 0) is 9.59 Å². The Balaban J connectivity index is 2.15. The first-order valence-electron chi connectivity index (χ1n) is 6.94. The number of amides is 2. The van der Waals surface area contributed by atoms with Crippen molar-refractivity contribution in [2.45, 2.75) is 6.92 Å². The fourth-order valence-electron chi connectivity index (χ4n) is 2.03. The van der Waals surface area contributed by atoms with Gasteiger partial charge in [0.1, 0.15) is 6.54 Å². The van der Waals surface area contributed by atoms with Gasteiger partial charge in [0.05, 0.1) is 22.3 Å². The predicted molar refractivity (Wildman–Crippen MR) is 94.3 cm³/mol. The van der Waals surface area contributed by atoms with Crippen LogP contribution in [0.1, 0.15) is 12.5 Å². The highest BCUT2D eigenvalue weighted by Gasteiger charge is 2.16. The van der Waals surface area contributed by atoms with Gasteiger partial charge in [-0.15, -0.1) is 0 Å². The molecule has 7 heteroatoms. The summed E-state index contributed by atoms with van der Waals surface area (Å²) in [7, 11) is 0. The second kappa shape index (κ2) is 7.82. The number of hydrogen-bond acceptors (Lipinski definition) is 3. The maximum Gasteiger partial charge on any atom is 0.244 e. The summed E-state index contributed by atoms with van der Waals surface area (Å²) >= 11 is 11.9. The second-order valence-electron chi connectivity index (χ2n) is 4.94. The van der Waals surface area contributed by atoms with Gasteiger partial charge in [0.15, 0.2) is 0 Å². The third-order valence-corrected chi connectivity index (χ3v) is 3.76. The van der Waals surface area contributed by atoms with Gasteiger partial charge in [-0.3, -0.25) is 9.59 Å². The lowest BCUT2D eigenvalue weighted by Gasteiger charge is -2.21. The Morgan fingerprint density at radius 3 is 2.42 bits per heavy atom. The Morgan fingerprint density at radius 1 is 1.17 bits per heavy atom. The van der Waals surface area contributed by atoms with E-state index in [0.717, 1.165) is 0 Å². The molecule has 0 aliphatic heterocycles. The molecular weight excluding hydrogens is 349 g/mol. The third kappa shape index (κ3) is 4.48. The number of carbonyl (C=O) groups excluding carboxylic acids is 2. The molecule has 0 bridgehead atoms. The summed E-state index contributed by atoms with van der Waals surface area (Å²) < 4.78 is 0. The Bertz CT molecular complexity index is 814. The van der Waals surface area contributed by atoms with E-state index < -0.39 is 5.91 Å². The Morgan fingerprint density at radius 2 is 1.83 bits per heavy atom. The van der Waals surface area contributed by atoms with E-state index >= 15 is 0 Å². The van der Waals surface area contributed by atoms with Crippen LogP contribution in [0.2, 0.25) is 10.0 Å². The molecule has 5 nitrogen and oxygen atoms in total. The average Bonchev–Trinajstić information content (AvgIpc) is 2.56. The Labute approximate surface area is 149 Å². The SMILES string of the molecule is CC(=O)N(CC(=O)Nc1cc(Cl)ccc1Cl)c1ccc(C#N)cc1. The minimum Gasteiger partial charge on any atom is -0.323 e. The minimum atomic E-state index is -0.418. The van der Waals surface area contributed by atoms with Gasteiger partial charge in [0, 0.05) is 17.6 Å². The summed E-state index contributed by atoms with van der Waals surface area (Å²) in [6.07, 6.45) is 0. The maximum atomic E-state index is 12.2. The van der Waals surface area contributed by atoms with Gasteiger partial charge < -0.3 is 10.2 Å². The normalized spacial score (nSPS) is 9.92. The number of halogens is 2. The molecule has 2 aromatic carbocycles. The minimum absolute atomic E-state index is 0.190. The molecule has 0 atom stereocenters. The zero-order valence-electron chi connectivity index (χ0n) is 12.7. The molecule has 0 aliphatic carbocycles. The van der Waals surface area contributed by atoms with Crippen LogP contribution in [0.5, 0.6) is 0 Å². The molecule has 0 spiro atoms. The maximum absolute atomic E-state index is 12.2. The lowest BCUT2D eigenvalue weighted by molar-refractivity contribution is -0.120. The molecule has 0 radical (unpaired) electrons. The zero-order valence-corrected chi connectivity index (χ0v) is 14.2. The van der Waals surface area contributed by atoms with E-state index in [1.165, 1.54) is 17.9 Å². The van der Waals surface area contributed by atoms with E-state index in [9.17, 15) is 9.59 Å². The molecular formula is C17H13Cl2N3O2. The van der Waals surface area contributed by atoms with E-state index in [4.69, 9.17) is 28.5 Å². The summed E-state index contributed by atoms with van der Waals surface area (Å²) in [6, 6.07) is 13.1. The standard InChI is InChI=1S/C17H13Cl2N3O2/c1-11(23)22(14-5-2-12(9-20)3-6-14)10-17(24)21-16-8-13(18)4-7-15(16)19/h2-8H,10H2,1H3,(H,21,24). The summed E-state index contributed by atoms with van der Waals surface area (Å²) in [5.74, 6) is -0.717. The molecule has 2 rings (SSSR count). The van der Waals surface area contributed by atoms with Crippen molar-refractivity contribution in [2.75, 3.05) is 16.8 Å². The van der Waals surface area contributed by atoms with Crippen LogP contribution in [-0.4, -0.2) is 18.4 Å². The van der Waals surface area contributed by atoms with E-state index in [1.807, 2.05) is 6.07 Å². The van der Waals surface area contributed by atoms with Crippen molar-refractivity contribution in [3.63, 3.8) is 0 Å². The van der Waals surface area contributed by atoms with Crippen molar-refractivity contribution in [2.24, 2.45) is 0 Å².